The Morgan fingerprint density at radius 1 is 1.10 bits per heavy atom. The van der Waals surface area contributed by atoms with E-state index in [9.17, 15) is 4.79 Å². The van der Waals surface area contributed by atoms with Crippen LogP contribution in [0.4, 0.5) is 0 Å². The number of carbonyl (C=O) groups excluding carboxylic acids is 1. The van der Waals surface area contributed by atoms with Gasteiger partial charge in [0.05, 0.1) is 7.11 Å². The van der Waals surface area contributed by atoms with Gasteiger partial charge in [-0.1, -0.05) is 24.3 Å². The van der Waals surface area contributed by atoms with Gasteiger partial charge in [0.1, 0.15) is 24.4 Å². The van der Waals surface area contributed by atoms with Gasteiger partial charge in [-0.2, -0.15) is 0 Å². The van der Waals surface area contributed by atoms with E-state index >= 15 is 0 Å². The van der Waals surface area contributed by atoms with Gasteiger partial charge in [-0.3, -0.25) is 4.79 Å². The van der Waals surface area contributed by atoms with E-state index in [1.165, 1.54) is 0 Å². The molecule has 0 amide bonds. The second-order valence-corrected chi connectivity index (χ2v) is 4.61. The Balaban J connectivity index is 1.96. The number of methoxy groups -OCH3 is 1. The average Bonchev–Trinajstić information content (AvgIpc) is 2.54. The highest BCUT2D eigenvalue weighted by Crippen LogP contribution is 2.31. The zero-order chi connectivity index (χ0) is 13.9. The molecule has 0 unspecified atom stereocenters. The number of ether oxygens (including phenoxy) is 2. The molecule has 3 nitrogen and oxygen atoms in total. The molecule has 3 heteroatoms. The van der Waals surface area contributed by atoms with Crippen LogP contribution in [0.5, 0.6) is 11.5 Å². The van der Waals surface area contributed by atoms with Crippen LogP contribution in [0.25, 0.3) is 17.2 Å². The van der Waals surface area contributed by atoms with Crippen LogP contribution in [0, 0.1) is 0 Å². The molecule has 0 radical (unpaired) electrons. The van der Waals surface area contributed by atoms with Crippen LogP contribution in [-0.2, 0) is 4.79 Å². The predicted molar refractivity (Wildman–Crippen MR) is 78.0 cm³/mol. The van der Waals surface area contributed by atoms with E-state index in [4.69, 9.17) is 9.47 Å². The SMILES string of the molecule is COc1ccc(-c2ccc3c(c2)OCC(C=O)=C3)cc1. The second kappa shape index (κ2) is 5.21. The predicted octanol–water partition coefficient (Wildman–Crippen LogP) is 3.34. The molecule has 0 saturated carbocycles. The smallest absolute Gasteiger partial charge is 0.149 e. The molecular weight excluding hydrogens is 252 g/mol. The van der Waals surface area contributed by atoms with Crippen molar-refractivity contribution in [1.82, 2.24) is 0 Å². The summed E-state index contributed by atoms with van der Waals surface area (Å²) in [5.74, 6) is 1.64. The van der Waals surface area contributed by atoms with Crippen molar-refractivity contribution >= 4 is 12.4 Å². The summed E-state index contributed by atoms with van der Waals surface area (Å²) < 4.78 is 10.8. The van der Waals surface area contributed by atoms with E-state index in [1.807, 2.05) is 48.5 Å². The summed E-state index contributed by atoms with van der Waals surface area (Å²) >= 11 is 0. The molecule has 0 spiro atoms. The van der Waals surface area contributed by atoms with Crippen molar-refractivity contribution in [2.75, 3.05) is 13.7 Å². The Morgan fingerprint density at radius 2 is 1.85 bits per heavy atom. The molecule has 0 bridgehead atoms. The molecule has 1 aliphatic rings. The maximum absolute atomic E-state index is 10.8. The highest BCUT2D eigenvalue weighted by Gasteiger charge is 2.12. The topological polar surface area (TPSA) is 35.5 Å². The maximum atomic E-state index is 10.8. The fraction of sp³-hybridized carbons (Fsp3) is 0.118. The van der Waals surface area contributed by atoms with E-state index in [0.717, 1.165) is 34.5 Å². The molecule has 2 aromatic carbocycles. The first-order chi connectivity index (χ1) is 9.80. The van der Waals surface area contributed by atoms with Crippen LogP contribution in [0.1, 0.15) is 5.56 Å². The van der Waals surface area contributed by atoms with Crippen molar-refractivity contribution in [2.24, 2.45) is 0 Å². The highest BCUT2D eigenvalue weighted by atomic mass is 16.5. The van der Waals surface area contributed by atoms with Gasteiger partial charge in [0.2, 0.25) is 0 Å². The number of benzene rings is 2. The molecule has 3 rings (SSSR count). The third kappa shape index (κ3) is 2.30. The van der Waals surface area contributed by atoms with Crippen LogP contribution in [0.3, 0.4) is 0 Å². The van der Waals surface area contributed by atoms with Crippen molar-refractivity contribution in [3.8, 4) is 22.6 Å². The van der Waals surface area contributed by atoms with Crippen molar-refractivity contribution in [2.45, 2.75) is 0 Å². The summed E-state index contributed by atoms with van der Waals surface area (Å²) in [5, 5.41) is 0. The number of rotatable bonds is 3. The molecule has 0 N–H and O–H groups in total. The summed E-state index contributed by atoms with van der Waals surface area (Å²) in [5.41, 5.74) is 3.78. The maximum Gasteiger partial charge on any atom is 0.149 e. The van der Waals surface area contributed by atoms with E-state index in [-0.39, 0.29) is 0 Å². The number of aldehydes is 1. The Morgan fingerprint density at radius 3 is 2.55 bits per heavy atom. The van der Waals surface area contributed by atoms with Crippen LogP contribution < -0.4 is 9.47 Å². The summed E-state index contributed by atoms with van der Waals surface area (Å²) in [6.07, 6.45) is 2.70. The number of carbonyl (C=O) groups is 1. The quantitative estimate of drug-likeness (QED) is 0.799. The summed E-state index contributed by atoms with van der Waals surface area (Å²) in [4.78, 5) is 10.8. The Kier molecular flexibility index (Phi) is 3.25. The largest absolute Gasteiger partial charge is 0.497 e. The molecule has 100 valence electrons. The lowest BCUT2D eigenvalue weighted by molar-refractivity contribution is -0.105. The molecule has 20 heavy (non-hydrogen) atoms. The van der Waals surface area contributed by atoms with Crippen molar-refractivity contribution in [3.63, 3.8) is 0 Å². The molecule has 0 aromatic heterocycles. The van der Waals surface area contributed by atoms with Gasteiger partial charge in [-0.05, 0) is 35.4 Å². The van der Waals surface area contributed by atoms with Crippen molar-refractivity contribution in [3.05, 3.63) is 53.6 Å². The molecule has 1 heterocycles. The minimum absolute atomic E-state index is 0.336. The lowest BCUT2D eigenvalue weighted by Gasteiger charge is -2.16. The Hall–Kier alpha value is -2.55. The third-order valence-corrected chi connectivity index (χ3v) is 3.32. The lowest BCUT2D eigenvalue weighted by atomic mass is 10.0. The van der Waals surface area contributed by atoms with Crippen LogP contribution in [-0.4, -0.2) is 20.0 Å². The molecule has 0 aliphatic carbocycles. The van der Waals surface area contributed by atoms with E-state index < -0.39 is 0 Å². The standard InChI is InChI=1S/C17H14O3/c1-19-16-6-4-13(5-7-16)14-2-3-15-8-12(10-18)11-20-17(15)9-14/h2-10H,11H2,1H3. The fourth-order valence-corrected chi connectivity index (χ4v) is 2.21. The molecule has 0 fully saturated rings. The fourth-order valence-electron chi connectivity index (χ4n) is 2.21. The van der Waals surface area contributed by atoms with Crippen LogP contribution >= 0.6 is 0 Å². The third-order valence-electron chi connectivity index (χ3n) is 3.32. The number of fused-ring (bicyclic) bond motifs is 1. The van der Waals surface area contributed by atoms with Crippen molar-refractivity contribution in [1.29, 1.82) is 0 Å². The molecule has 1 aliphatic heterocycles. The van der Waals surface area contributed by atoms with Gasteiger partial charge >= 0.3 is 0 Å². The minimum atomic E-state index is 0.336. The first-order valence-electron chi connectivity index (χ1n) is 6.37. The molecule has 2 aromatic rings. The second-order valence-electron chi connectivity index (χ2n) is 4.61. The average molecular weight is 266 g/mol. The molecule has 0 saturated heterocycles. The first kappa shape index (κ1) is 12.5. The first-order valence-corrected chi connectivity index (χ1v) is 6.37. The van der Waals surface area contributed by atoms with Gasteiger partial charge in [0.15, 0.2) is 0 Å². The van der Waals surface area contributed by atoms with Gasteiger partial charge < -0.3 is 9.47 Å². The van der Waals surface area contributed by atoms with Crippen LogP contribution in [0.2, 0.25) is 0 Å². The number of hydrogen-bond acceptors (Lipinski definition) is 3. The van der Waals surface area contributed by atoms with Crippen molar-refractivity contribution < 1.29 is 14.3 Å². The van der Waals surface area contributed by atoms with Crippen LogP contribution in [0.15, 0.2) is 48.0 Å². The van der Waals surface area contributed by atoms with E-state index in [1.54, 1.807) is 7.11 Å². The normalized spacial score (nSPS) is 12.9. The Labute approximate surface area is 117 Å². The summed E-state index contributed by atoms with van der Waals surface area (Å²) in [6.45, 7) is 0.336. The molecular formula is C17H14O3. The minimum Gasteiger partial charge on any atom is -0.497 e. The highest BCUT2D eigenvalue weighted by molar-refractivity contribution is 5.85. The summed E-state index contributed by atoms with van der Waals surface area (Å²) in [7, 11) is 1.65. The lowest BCUT2D eigenvalue weighted by Crippen LogP contribution is -2.07. The van der Waals surface area contributed by atoms with E-state index in [2.05, 4.69) is 0 Å². The van der Waals surface area contributed by atoms with Gasteiger partial charge in [0, 0.05) is 11.1 Å². The van der Waals surface area contributed by atoms with Gasteiger partial charge in [-0.15, -0.1) is 0 Å². The number of hydrogen-bond donors (Lipinski definition) is 0. The Bertz CT molecular complexity index is 669. The zero-order valence-electron chi connectivity index (χ0n) is 11.1. The van der Waals surface area contributed by atoms with Gasteiger partial charge in [-0.25, -0.2) is 0 Å². The summed E-state index contributed by atoms with van der Waals surface area (Å²) in [6, 6.07) is 13.9. The zero-order valence-corrected chi connectivity index (χ0v) is 11.1. The molecule has 0 atom stereocenters. The van der Waals surface area contributed by atoms with E-state index in [0.29, 0.717) is 12.2 Å². The van der Waals surface area contributed by atoms with Gasteiger partial charge in [0.25, 0.3) is 0 Å². The monoisotopic (exact) mass is 266 g/mol.